The Morgan fingerprint density at radius 2 is 0.643 bits per heavy atom. The maximum atomic E-state index is 11.2. The average molecular weight is 598 g/mol. The number of aromatic carboxylic acids is 6. The molecule has 0 bridgehead atoms. The molecule has 1 rings (SSSR count). The van der Waals surface area contributed by atoms with Crippen LogP contribution in [0, 0.1) is 0 Å². The number of carboxylic acids is 6. The van der Waals surface area contributed by atoms with E-state index in [0.29, 0.717) is 0 Å². The Bertz CT molecular complexity index is 1160. The van der Waals surface area contributed by atoms with E-state index >= 15 is 0 Å². The summed E-state index contributed by atoms with van der Waals surface area (Å²) in [7, 11) is 0. The number of aliphatic hydroxyl groups is 1. The fourth-order valence-corrected chi connectivity index (χ4v) is 2.78. The van der Waals surface area contributed by atoms with Crippen LogP contribution in [-0.4, -0.2) is 102 Å². The van der Waals surface area contributed by atoms with Crippen LogP contribution in [0.1, 0.15) is 62.1 Å². The predicted molar refractivity (Wildman–Crippen MR) is 127 cm³/mol. The Morgan fingerprint density at radius 3 is 0.738 bits per heavy atom. The summed E-state index contributed by atoms with van der Waals surface area (Å²) in [5.41, 5.74) is -9.95. The lowest BCUT2D eigenvalue weighted by molar-refractivity contribution is -0.336. The van der Waals surface area contributed by atoms with Gasteiger partial charge in [-0.1, -0.05) is 19.7 Å². The van der Waals surface area contributed by atoms with Crippen molar-refractivity contribution >= 4 is 53.7 Å². The minimum atomic E-state index is -2.60. The molecule has 7 N–H and O–H groups in total. The highest BCUT2D eigenvalue weighted by molar-refractivity contribution is 6.22. The Morgan fingerprint density at radius 1 is 0.476 bits per heavy atom. The van der Waals surface area contributed by atoms with Crippen LogP contribution in [-0.2, 0) is 28.6 Å². The molecule has 0 amide bonds. The maximum Gasteiger partial charge on any atom is 0.448 e. The molecule has 0 saturated heterocycles. The Kier molecular flexibility index (Phi) is 12.5. The predicted octanol–water partition coefficient (Wildman–Crippen LogP) is -0.304. The summed E-state index contributed by atoms with van der Waals surface area (Å²) >= 11 is 0. The minimum Gasteiger partial charge on any atom is -0.478 e. The summed E-state index contributed by atoms with van der Waals surface area (Å²) in [6.07, 6.45) is 2.19. The van der Waals surface area contributed by atoms with Gasteiger partial charge in [0, 0.05) is 18.2 Å². The molecule has 0 saturated carbocycles. The molecule has 1 aromatic rings. The molecule has 0 fully saturated rings. The summed E-state index contributed by atoms with van der Waals surface area (Å²) in [5, 5.41) is 63.2. The average Bonchev–Trinajstić information content (AvgIpc) is 2.90. The molecule has 1 aromatic carbocycles. The molecule has 0 unspecified atom stereocenters. The van der Waals surface area contributed by atoms with E-state index in [1.54, 1.807) is 0 Å². The number of carbonyl (C=O) groups excluding carboxylic acids is 3. The van der Waals surface area contributed by atoms with Gasteiger partial charge < -0.3 is 50.0 Å². The summed E-state index contributed by atoms with van der Waals surface area (Å²) in [6, 6.07) is 0. The van der Waals surface area contributed by atoms with E-state index in [1.165, 1.54) is 0 Å². The van der Waals surface area contributed by atoms with Gasteiger partial charge in [-0.3, -0.25) is 0 Å². The highest BCUT2D eigenvalue weighted by Gasteiger charge is 2.42. The van der Waals surface area contributed by atoms with E-state index in [-0.39, 0.29) is 0 Å². The lowest BCUT2D eigenvalue weighted by atomic mass is 9.86. The number of hydrogen-bond acceptors (Lipinski definition) is 13. The van der Waals surface area contributed by atoms with Crippen molar-refractivity contribution in [3.05, 3.63) is 71.3 Å². The topological polar surface area (TPSA) is 323 Å². The molecule has 0 radical (unpaired) electrons. The fraction of sp³-hybridized carbons (Fsp3) is 0.0870. The largest absolute Gasteiger partial charge is 0.478 e. The number of ether oxygens (including phenoxy) is 3. The van der Waals surface area contributed by atoms with Gasteiger partial charge in [-0.2, -0.15) is 0 Å². The zero-order valence-electron chi connectivity index (χ0n) is 20.6. The second-order valence-electron chi connectivity index (χ2n) is 6.80. The van der Waals surface area contributed by atoms with E-state index in [9.17, 15) is 43.2 Å². The van der Waals surface area contributed by atoms with Gasteiger partial charge >= 0.3 is 59.7 Å². The van der Waals surface area contributed by atoms with Gasteiger partial charge in [0.25, 0.3) is 0 Å². The normalized spacial score (nSPS) is 9.93. The van der Waals surface area contributed by atoms with Gasteiger partial charge in [0.15, 0.2) is 6.61 Å². The second-order valence-corrected chi connectivity index (χ2v) is 6.80. The molecule has 0 spiro atoms. The molecule has 42 heavy (non-hydrogen) atoms. The first kappa shape index (κ1) is 35.6. The first-order valence-corrected chi connectivity index (χ1v) is 10.2. The molecule has 19 heteroatoms. The Balaban J connectivity index is 0.000000837. The number of aliphatic hydroxyl groups excluding tert-OH is 1. The summed E-state index contributed by atoms with van der Waals surface area (Å²) < 4.78 is 13.5. The summed E-state index contributed by atoms with van der Waals surface area (Å²) in [4.78, 5) is 100. The quantitative estimate of drug-likeness (QED) is 0.0869. The third-order valence-corrected chi connectivity index (χ3v) is 4.25. The lowest BCUT2D eigenvalue weighted by Gasteiger charge is -2.28. The summed E-state index contributed by atoms with van der Waals surface area (Å²) in [5.74, 6) is -19.4. The Hall–Kier alpha value is -6.37. The van der Waals surface area contributed by atoms with Crippen molar-refractivity contribution < 1.29 is 93.1 Å². The van der Waals surface area contributed by atoms with Gasteiger partial charge in [0.2, 0.25) is 0 Å². The number of rotatable bonds is 13. The van der Waals surface area contributed by atoms with Crippen LogP contribution in [0.15, 0.2) is 38.0 Å². The van der Waals surface area contributed by atoms with Crippen molar-refractivity contribution in [3.63, 3.8) is 0 Å². The maximum absolute atomic E-state index is 11.2. The van der Waals surface area contributed by atoms with Crippen molar-refractivity contribution in [2.75, 3.05) is 6.61 Å². The monoisotopic (exact) mass is 598 g/mol. The molecule has 0 atom stereocenters. The molecule has 0 aliphatic heterocycles. The van der Waals surface area contributed by atoms with Crippen molar-refractivity contribution in [1.29, 1.82) is 0 Å². The van der Waals surface area contributed by atoms with E-state index in [4.69, 9.17) is 35.7 Å². The van der Waals surface area contributed by atoms with Gasteiger partial charge in [-0.05, 0) is 0 Å². The highest BCUT2D eigenvalue weighted by Crippen LogP contribution is 2.30. The standard InChI is InChI=1S/C12H6O12.C11H12O7/c13-7(14)1-2(8(15)16)4(10(19)20)6(12(23)24)5(11(21)22)3(1)9(17)18;1-4-8(13)16-11(7-12,17-9(14)5-2)18-10(15)6-3/h(H,13,14)(H,15,16)(H,17,18)(H,19,20)(H,21,22)(H,23,24);4-6,12H,1-3,7H2. The smallest absolute Gasteiger partial charge is 0.448 e. The van der Waals surface area contributed by atoms with Crippen LogP contribution < -0.4 is 0 Å². The molecule has 0 aliphatic rings. The van der Waals surface area contributed by atoms with Gasteiger partial charge in [0.1, 0.15) is 0 Å². The first-order valence-electron chi connectivity index (χ1n) is 10.2. The number of esters is 3. The molecular weight excluding hydrogens is 580 g/mol. The third kappa shape index (κ3) is 8.31. The van der Waals surface area contributed by atoms with Crippen LogP contribution >= 0.6 is 0 Å². The van der Waals surface area contributed by atoms with E-state index in [2.05, 4.69) is 33.9 Å². The van der Waals surface area contributed by atoms with Gasteiger partial charge in [-0.25, -0.2) is 43.2 Å². The first-order chi connectivity index (χ1) is 19.4. The molecule has 0 aromatic heterocycles. The van der Waals surface area contributed by atoms with Crippen LogP contribution in [0.25, 0.3) is 0 Å². The van der Waals surface area contributed by atoms with E-state index in [1.807, 2.05) is 0 Å². The zero-order chi connectivity index (χ0) is 33.1. The van der Waals surface area contributed by atoms with Crippen LogP contribution in [0.2, 0.25) is 0 Å². The van der Waals surface area contributed by atoms with E-state index < -0.39 is 99.7 Å². The lowest BCUT2D eigenvalue weighted by Crippen LogP contribution is -2.47. The number of hydrogen-bond donors (Lipinski definition) is 7. The van der Waals surface area contributed by atoms with E-state index in [0.717, 1.165) is 18.2 Å². The molecule has 0 heterocycles. The van der Waals surface area contributed by atoms with Crippen molar-refractivity contribution in [2.24, 2.45) is 0 Å². The van der Waals surface area contributed by atoms with Gasteiger partial charge in [-0.15, -0.1) is 0 Å². The number of carboxylic acid groups (broad SMARTS) is 6. The number of benzene rings is 1. The zero-order valence-corrected chi connectivity index (χ0v) is 20.6. The molecule has 19 nitrogen and oxygen atoms in total. The molecule has 0 aliphatic carbocycles. The van der Waals surface area contributed by atoms with Crippen LogP contribution in [0.4, 0.5) is 0 Å². The Labute approximate surface area is 231 Å². The third-order valence-electron chi connectivity index (χ3n) is 4.25. The van der Waals surface area contributed by atoms with Crippen LogP contribution in [0.5, 0.6) is 0 Å². The van der Waals surface area contributed by atoms with Crippen LogP contribution in [0.3, 0.4) is 0 Å². The number of carbonyl (C=O) groups is 9. The van der Waals surface area contributed by atoms with Crippen molar-refractivity contribution in [3.8, 4) is 0 Å². The highest BCUT2D eigenvalue weighted by atomic mass is 16.9. The van der Waals surface area contributed by atoms with Crippen molar-refractivity contribution in [2.45, 2.75) is 5.97 Å². The second kappa shape index (κ2) is 14.7. The summed E-state index contributed by atoms with van der Waals surface area (Å²) in [6.45, 7) is 8.20. The fourth-order valence-electron chi connectivity index (χ4n) is 2.78. The molecule has 224 valence electrons. The minimum absolute atomic E-state index is 0.730. The van der Waals surface area contributed by atoms with Gasteiger partial charge in [0.05, 0.1) is 33.4 Å². The molecular formula is C23H18O19. The van der Waals surface area contributed by atoms with Crippen molar-refractivity contribution in [1.82, 2.24) is 0 Å². The SMILES string of the molecule is C=CC(=O)OC(CO)(OC(=O)C=C)OC(=O)C=C.O=C(O)c1c(C(=O)O)c(C(=O)O)c(C(=O)O)c(C(=O)O)c1C(=O)O.